The summed E-state index contributed by atoms with van der Waals surface area (Å²) < 4.78 is 40.7. The van der Waals surface area contributed by atoms with Crippen molar-refractivity contribution in [2.24, 2.45) is 0 Å². The number of piperazine rings is 1. The number of aromatic nitrogens is 4. The Kier molecular flexibility index (Phi) is 3.92. The number of benzene rings is 1. The highest BCUT2D eigenvalue weighted by molar-refractivity contribution is 5.52. The normalized spacial score (nSPS) is 18.1. The number of alkyl halides is 3. The number of halogens is 3. The summed E-state index contributed by atoms with van der Waals surface area (Å²) in [7, 11) is 0. The number of nitrogens with zero attached hydrogens (tertiary/aromatic N) is 6. The number of anilines is 2. The van der Waals surface area contributed by atoms with Crippen molar-refractivity contribution >= 4 is 17.2 Å². The van der Waals surface area contributed by atoms with Gasteiger partial charge in [0.2, 0.25) is 0 Å². The predicted molar refractivity (Wildman–Crippen MR) is 98.6 cm³/mol. The highest BCUT2D eigenvalue weighted by Gasteiger charge is 2.31. The maximum atomic E-state index is 13.0. The molecule has 3 heterocycles. The average molecular weight is 388 g/mol. The van der Waals surface area contributed by atoms with Gasteiger partial charge in [-0.2, -0.15) is 17.7 Å². The lowest BCUT2D eigenvalue weighted by Crippen LogP contribution is -2.47. The van der Waals surface area contributed by atoms with Crippen LogP contribution in [0.2, 0.25) is 0 Å². The molecule has 1 saturated heterocycles. The van der Waals surface area contributed by atoms with E-state index in [0.29, 0.717) is 37.8 Å². The van der Waals surface area contributed by atoms with Gasteiger partial charge in [-0.3, -0.25) is 0 Å². The molecule has 0 atom stereocenters. The molecule has 0 amide bonds. The van der Waals surface area contributed by atoms with E-state index in [-0.39, 0.29) is 0 Å². The van der Waals surface area contributed by atoms with E-state index in [1.165, 1.54) is 12.1 Å². The fourth-order valence-corrected chi connectivity index (χ4v) is 3.63. The fraction of sp³-hybridized carbons (Fsp3) is 0.421. The number of rotatable bonds is 3. The van der Waals surface area contributed by atoms with Crippen LogP contribution in [0.15, 0.2) is 36.4 Å². The number of fused-ring (bicyclic) bond motifs is 1. The molecule has 0 unspecified atom stereocenters. The molecule has 1 aromatic carbocycles. The van der Waals surface area contributed by atoms with E-state index in [2.05, 4.69) is 15.1 Å². The van der Waals surface area contributed by atoms with E-state index in [1.54, 1.807) is 6.07 Å². The van der Waals surface area contributed by atoms with Crippen LogP contribution in [0.4, 0.5) is 24.7 Å². The predicted octanol–water partition coefficient (Wildman–Crippen LogP) is 3.35. The van der Waals surface area contributed by atoms with E-state index < -0.39 is 11.7 Å². The maximum absolute atomic E-state index is 13.0. The minimum atomic E-state index is -4.32. The van der Waals surface area contributed by atoms with Gasteiger partial charge in [0.15, 0.2) is 11.5 Å². The molecule has 5 rings (SSSR count). The van der Waals surface area contributed by atoms with E-state index in [1.807, 2.05) is 21.5 Å². The van der Waals surface area contributed by atoms with Crippen molar-refractivity contribution in [3.8, 4) is 0 Å². The Morgan fingerprint density at radius 2 is 1.64 bits per heavy atom. The van der Waals surface area contributed by atoms with Crippen molar-refractivity contribution in [1.82, 2.24) is 19.8 Å². The van der Waals surface area contributed by atoms with Crippen LogP contribution in [0.5, 0.6) is 0 Å². The molecule has 2 fully saturated rings. The van der Waals surface area contributed by atoms with Gasteiger partial charge in [-0.1, -0.05) is 6.07 Å². The second-order valence-corrected chi connectivity index (χ2v) is 7.32. The van der Waals surface area contributed by atoms with Crippen LogP contribution in [0.1, 0.15) is 30.1 Å². The lowest BCUT2D eigenvalue weighted by molar-refractivity contribution is -0.137. The molecule has 0 bridgehead atoms. The Morgan fingerprint density at radius 1 is 0.893 bits per heavy atom. The van der Waals surface area contributed by atoms with Crippen LogP contribution in [-0.2, 0) is 6.18 Å². The molecule has 0 spiro atoms. The molecule has 2 aliphatic rings. The molecule has 6 nitrogen and oxygen atoms in total. The third-order valence-electron chi connectivity index (χ3n) is 5.36. The zero-order valence-electron chi connectivity index (χ0n) is 15.1. The third kappa shape index (κ3) is 3.14. The Hall–Kier alpha value is -2.84. The zero-order valence-corrected chi connectivity index (χ0v) is 15.1. The molecule has 3 aromatic rings. The molecular weight excluding hydrogens is 369 g/mol. The molecule has 0 radical (unpaired) electrons. The van der Waals surface area contributed by atoms with E-state index in [0.717, 1.165) is 36.2 Å². The largest absolute Gasteiger partial charge is 0.416 e. The summed E-state index contributed by atoms with van der Waals surface area (Å²) in [5.41, 5.74) is 0.737. The molecule has 146 valence electrons. The Morgan fingerprint density at radius 3 is 2.36 bits per heavy atom. The molecule has 1 aliphatic heterocycles. The van der Waals surface area contributed by atoms with E-state index >= 15 is 0 Å². The van der Waals surface area contributed by atoms with E-state index in [4.69, 9.17) is 5.10 Å². The maximum Gasteiger partial charge on any atom is 0.416 e. The summed E-state index contributed by atoms with van der Waals surface area (Å²) in [5.74, 6) is 2.22. The number of hydrogen-bond donors (Lipinski definition) is 0. The van der Waals surface area contributed by atoms with Gasteiger partial charge in [0.25, 0.3) is 0 Å². The summed E-state index contributed by atoms with van der Waals surface area (Å²) in [5, 5.41) is 13.1. The van der Waals surface area contributed by atoms with Crippen LogP contribution in [-0.4, -0.2) is 46.0 Å². The fourth-order valence-electron chi connectivity index (χ4n) is 3.63. The van der Waals surface area contributed by atoms with Crippen molar-refractivity contribution in [2.45, 2.75) is 24.9 Å². The highest BCUT2D eigenvalue weighted by Crippen LogP contribution is 2.39. The number of hydrogen-bond acceptors (Lipinski definition) is 5. The van der Waals surface area contributed by atoms with Crippen molar-refractivity contribution in [2.75, 3.05) is 36.0 Å². The molecule has 1 saturated carbocycles. The minimum absolute atomic E-state index is 0.454. The second kappa shape index (κ2) is 6.35. The molecule has 1 aliphatic carbocycles. The quantitative estimate of drug-likeness (QED) is 0.689. The summed E-state index contributed by atoms with van der Waals surface area (Å²) in [6.07, 6.45) is -2.07. The minimum Gasteiger partial charge on any atom is -0.368 e. The first-order valence-electron chi connectivity index (χ1n) is 9.38. The molecule has 0 N–H and O–H groups in total. The molecule has 2 aromatic heterocycles. The van der Waals surface area contributed by atoms with Gasteiger partial charge in [0.1, 0.15) is 5.82 Å². The second-order valence-electron chi connectivity index (χ2n) is 7.32. The summed E-state index contributed by atoms with van der Waals surface area (Å²) >= 11 is 0. The molecule has 28 heavy (non-hydrogen) atoms. The van der Waals surface area contributed by atoms with Crippen LogP contribution in [0.3, 0.4) is 0 Å². The van der Waals surface area contributed by atoms with Gasteiger partial charge >= 0.3 is 6.18 Å². The lowest BCUT2D eigenvalue weighted by atomic mass is 10.1. The average Bonchev–Trinajstić information content (AvgIpc) is 3.46. The van der Waals surface area contributed by atoms with Crippen LogP contribution >= 0.6 is 0 Å². The lowest BCUT2D eigenvalue weighted by Gasteiger charge is -2.36. The van der Waals surface area contributed by atoms with Gasteiger partial charge in [-0.15, -0.1) is 15.3 Å². The van der Waals surface area contributed by atoms with Crippen molar-refractivity contribution < 1.29 is 13.2 Å². The summed E-state index contributed by atoms with van der Waals surface area (Å²) in [6.45, 7) is 2.66. The van der Waals surface area contributed by atoms with Gasteiger partial charge in [0.05, 0.1) is 5.56 Å². The van der Waals surface area contributed by atoms with Crippen molar-refractivity contribution in [1.29, 1.82) is 0 Å². The van der Waals surface area contributed by atoms with Crippen molar-refractivity contribution in [3.63, 3.8) is 0 Å². The summed E-state index contributed by atoms with van der Waals surface area (Å²) in [4.78, 5) is 4.14. The van der Waals surface area contributed by atoms with E-state index in [9.17, 15) is 13.2 Å². The van der Waals surface area contributed by atoms with Gasteiger partial charge in [-0.25, -0.2) is 0 Å². The Bertz CT molecular complexity index is 1000. The van der Waals surface area contributed by atoms with Crippen LogP contribution in [0.25, 0.3) is 5.65 Å². The molecular formula is C19H19F3N6. The van der Waals surface area contributed by atoms with Crippen LogP contribution < -0.4 is 9.80 Å². The highest BCUT2D eigenvalue weighted by atomic mass is 19.4. The van der Waals surface area contributed by atoms with Crippen LogP contribution in [0, 0.1) is 0 Å². The standard InChI is InChI=1S/C19H19F3N6/c20-19(21,22)14-2-1-3-15(12-14)26-8-10-27(11-9-26)17-7-6-16-23-24-18(13-4-5-13)28(16)25-17/h1-3,6-7,12-13H,4-5,8-11H2. The van der Waals surface area contributed by atoms with Gasteiger partial charge < -0.3 is 9.80 Å². The first-order valence-corrected chi connectivity index (χ1v) is 9.38. The summed E-state index contributed by atoms with van der Waals surface area (Å²) in [6, 6.07) is 9.37. The Labute approximate surface area is 159 Å². The smallest absolute Gasteiger partial charge is 0.368 e. The first kappa shape index (κ1) is 17.3. The topological polar surface area (TPSA) is 49.6 Å². The van der Waals surface area contributed by atoms with Crippen molar-refractivity contribution in [3.05, 3.63) is 47.8 Å². The first-order chi connectivity index (χ1) is 13.5. The third-order valence-corrected chi connectivity index (χ3v) is 5.36. The Balaban J connectivity index is 1.32. The van der Waals surface area contributed by atoms with Gasteiger partial charge in [0, 0.05) is 37.8 Å². The van der Waals surface area contributed by atoms with Gasteiger partial charge in [-0.05, 0) is 43.2 Å². The monoisotopic (exact) mass is 388 g/mol. The zero-order chi connectivity index (χ0) is 19.3. The SMILES string of the molecule is FC(F)(F)c1cccc(N2CCN(c3ccc4nnc(C5CC5)n4n3)CC2)c1. The molecule has 9 heteroatoms.